The summed E-state index contributed by atoms with van der Waals surface area (Å²) in [4.78, 5) is 0. The first-order chi connectivity index (χ1) is 11.6. The largest absolute Gasteiger partial charge is 0.388 e. The summed E-state index contributed by atoms with van der Waals surface area (Å²) in [6.07, 6.45) is 9.02. The summed E-state index contributed by atoms with van der Waals surface area (Å²) in [5.74, 6) is 0.920. The molecule has 4 nitrogen and oxygen atoms in total. The summed E-state index contributed by atoms with van der Waals surface area (Å²) in [6.45, 7) is 2.95. The summed E-state index contributed by atoms with van der Waals surface area (Å²) in [5.41, 5.74) is 4.36. The summed E-state index contributed by atoms with van der Waals surface area (Å²) in [6, 6.07) is 8.20. The van der Waals surface area contributed by atoms with Crippen LogP contribution < -0.4 is 0 Å². The van der Waals surface area contributed by atoms with E-state index in [2.05, 4.69) is 47.6 Å². The second kappa shape index (κ2) is 6.02. The Morgan fingerprint density at radius 2 is 1.96 bits per heavy atom. The number of hydrogen-bond acceptors (Lipinski definition) is 4. The maximum Gasteiger partial charge on any atom is 0.0798 e. The third kappa shape index (κ3) is 2.51. The molecule has 4 rings (SSSR count). The molecule has 0 bridgehead atoms. The van der Waals surface area contributed by atoms with Crippen LogP contribution in [0.5, 0.6) is 0 Å². The van der Waals surface area contributed by atoms with E-state index in [1.165, 1.54) is 5.57 Å². The minimum atomic E-state index is -0.452. The van der Waals surface area contributed by atoms with Crippen LogP contribution in [0.1, 0.15) is 30.6 Å². The standard InChI is InChI=1S/C20H23N3O/c1-13-11-19(24)16-9-5-4-8-15(16)18-12-23(2)22-21-20(18)17-10-6-3-7-14(13)17/h3-10,13-14,17,19,24H,11-12H2,1-2H3. The number of likely N-dealkylation sites (N-methyl/N-ethyl adjacent to an activating group) is 1. The van der Waals surface area contributed by atoms with Crippen LogP contribution in [0.4, 0.5) is 0 Å². The van der Waals surface area contributed by atoms with E-state index in [0.29, 0.717) is 11.8 Å². The molecule has 0 saturated carbocycles. The van der Waals surface area contributed by atoms with Gasteiger partial charge in [0, 0.05) is 18.5 Å². The van der Waals surface area contributed by atoms with Crippen molar-refractivity contribution in [2.75, 3.05) is 13.6 Å². The van der Waals surface area contributed by atoms with Crippen molar-refractivity contribution >= 4 is 5.57 Å². The molecular formula is C20H23N3O. The van der Waals surface area contributed by atoms with Gasteiger partial charge < -0.3 is 5.11 Å². The van der Waals surface area contributed by atoms with Crippen LogP contribution in [0.25, 0.3) is 5.57 Å². The Morgan fingerprint density at radius 3 is 2.83 bits per heavy atom. The van der Waals surface area contributed by atoms with Crippen LogP contribution in [-0.4, -0.2) is 23.7 Å². The van der Waals surface area contributed by atoms with E-state index in [1.807, 2.05) is 30.3 Å². The lowest BCUT2D eigenvalue weighted by molar-refractivity contribution is 0.133. The predicted molar refractivity (Wildman–Crippen MR) is 94.8 cm³/mol. The van der Waals surface area contributed by atoms with E-state index in [9.17, 15) is 5.11 Å². The molecule has 1 aromatic carbocycles. The summed E-state index contributed by atoms with van der Waals surface area (Å²) in [5, 5.41) is 21.6. The van der Waals surface area contributed by atoms with E-state index >= 15 is 0 Å². The minimum absolute atomic E-state index is 0.218. The van der Waals surface area contributed by atoms with Crippen molar-refractivity contribution in [2.45, 2.75) is 19.4 Å². The highest BCUT2D eigenvalue weighted by atomic mass is 16.3. The lowest BCUT2D eigenvalue weighted by Gasteiger charge is -2.32. The zero-order chi connectivity index (χ0) is 16.7. The van der Waals surface area contributed by atoms with Gasteiger partial charge in [0.1, 0.15) is 0 Å². The molecular weight excluding hydrogens is 298 g/mol. The van der Waals surface area contributed by atoms with Gasteiger partial charge in [-0.15, -0.1) is 5.11 Å². The first-order valence-corrected chi connectivity index (χ1v) is 8.63. The first-order valence-electron chi connectivity index (χ1n) is 8.63. The average Bonchev–Trinajstić information content (AvgIpc) is 2.64. The molecule has 0 radical (unpaired) electrons. The number of aliphatic hydroxyl groups excluding tert-OH is 1. The molecule has 0 amide bonds. The Hall–Kier alpha value is -2.20. The fraction of sp³-hybridized carbons (Fsp3) is 0.400. The number of nitrogens with zero attached hydrogens (tertiary/aromatic N) is 3. The highest BCUT2D eigenvalue weighted by Gasteiger charge is 2.35. The Kier molecular flexibility index (Phi) is 3.85. The fourth-order valence-corrected chi connectivity index (χ4v) is 4.16. The van der Waals surface area contributed by atoms with Crippen LogP contribution in [0, 0.1) is 17.8 Å². The van der Waals surface area contributed by atoms with Gasteiger partial charge in [0.2, 0.25) is 0 Å². The van der Waals surface area contributed by atoms with Gasteiger partial charge in [-0.1, -0.05) is 60.7 Å². The lowest BCUT2D eigenvalue weighted by Crippen LogP contribution is -2.25. The van der Waals surface area contributed by atoms with Crippen LogP contribution in [-0.2, 0) is 0 Å². The monoisotopic (exact) mass is 321 g/mol. The van der Waals surface area contributed by atoms with Gasteiger partial charge >= 0.3 is 0 Å². The summed E-state index contributed by atoms with van der Waals surface area (Å²) < 4.78 is 0. The molecule has 2 aliphatic carbocycles. The summed E-state index contributed by atoms with van der Waals surface area (Å²) >= 11 is 0. The highest BCUT2D eigenvalue weighted by Crippen LogP contribution is 2.44. The van der Waals surface area contributed by atoms with Crippen molar-refractivity contribution in [1.29, 1.82) is 0 Å². The Morgan fingerprint density at radius 1 is 1.17 bits per heavy atom. The molecule has 1 N–H and O–H groups in total. The molecule has 24 heavy (non-hydrogen) atoms. The summed E-state index contributed by atoms with van der Waals surface area (Å²) in [7, 11) is 1.94. The van der Waals surface area contributed by atoms with E-state index < -0.39 is 6.10 Å². The van der Waals surface area contributed by atoms with Gasteiger partial charge in [-0.25, -0.2) is 0 Å². The topological polar surface area (TPSA) is 48.2 Å². The molecule has 1 heterocycles. The number of benzene rings is 1. The van der Waals surface area contributed by atoms with Crippen LogP contribution in [0.15, 0.2) is 64.6 Å². The van der Waals surface area contributed by atoms with Crippen molar-refractivity contribution in [1.82, 2.24) is 5.01 Å². The van der Waals surface area contributed by atoms with Crippen molar-refractivity contribution < 1.29 is 5.11 Å². The van der Waals surface area contributed by atoms with Crippen LogP contribution in [0.2, 0.25) is 0 Å². The maximum absolute atomic E-state index is 10.9. The molecule has 3 aliphatic rings. The van der Waals surface area contributed by atoms with E-state index in [-0.39, 0.29) is 5.92 Å². The van der Waals surface area contributed by atoms with Crippen molar-refractivity contribution in [3.05, 3.63) is 65.4 Å². The van der Waals surface area contributed by atoms with E-state index in [1.54, 1.807) is 0 Å². The highest BCUT2D eigenvalue weighted by molar-refractivity contribution is 5.74. The second-order valence-electron chi connectivity index (χ2n) is 7.06. The molecule has 4 atom stereocenters. The van der Waals surface area contributed by atoms with Crippen molar-refractivity contribution in [3.63, 3.8) is 0 Å². The maximum atomic E-state index is 10.9. The third-order valence-electron chi connectivity index (χ3n) is 5.39. The third-order valence-corrected chi connectivity index (χ3v) is 5.39. The smallest absolute Gasteiger partial charge is 0.0798 e. The van der Waals surface area contributed by atoms with Crippen LogP contribution in [0.3, 0.4) is 0 Å². The number of hydrogen-bond donors (Lipinski definition) is 1. The first kappa shape index (κ1) is 15.3. The molecule has 0 aromatic heterocycles. The molecule has 4 heteroatoms. The number of aliphatic hydroxyl groups is 1. The van der Waals surface area contributed by atoms with Gasteiger partial charge in [-0.3, -0.25) is 5.01 Å². The van der Waals surface area contributed by atoms with Gasteiger partial charge in [-0.05, 0) is 29.4 Å². The molecule has 4 unspecified atom stereocenters. The van der Waals surface area contributed by atoms with Gasteiger partial charge in [0.15, 0.2) is 0 Å². The number of fused-ring (bicyclic) bond motifs is 4. The average molecular weight is 321 g/mol. The molecule has 0 saturated heterocycles. The van der Waals surface area contributed by atoms with Gasteiger partial charge in [0.25, 0.3) is 0 Å². The molecule has 0 spiro atoms. The van der Waals surface area contributed by atoms with Crippen molar-refractivity contribution in [2.24, 2.45) is 28.1 Å². The van der Waals surface area contributed by atoms with E-state index in [4.69, 9.17) is 0 Å². The Labute approximate surface area is 142 Å². The number of allylic oxidation sites excluding steroid dienone is 4. The quantitative estimate of drug-likeness (QED) is 0.780. The van der Waals surface area contributed by atoms with Crippen molar-refractivity contribution in [3.8, 4) is 0 Å². The SMILES string of the molecule is CC1CC(O)c2ccccc2C2=C(N=NN(C)C2)C2C=CC=CC12. The predicted octanol–water partition coefficient (Wildman–Crippen LogP) is 4.14. The minimum Gasteiger partial charge on any atom is -0.388 e. The van der Waals surface area contributed by atoms with Gasteiger partial charge in [-0.2, -0.15) is 0 Å². The molecule has 124 valence electrons. The lowest BCUT2D eigenvalue weighted by atomic mass is 9.76. The normalized spacial score (nSPS) is 31.7. The molecule has 1 aromatic rings. The Bertz CT molecular complexity index is 762. The number of rotatable bonds is 0. The fourth-order valence-electron chi connectivity index (χ4n) is 4.16. The molecule has 0 fully saturated rings. The van der Waals surface area contributed by atoms with Gasteiger partial charge in [0.05, 0.1) is 18.3 Å². The molecule has 1 aliphatic heterocycles. The Balaban J connectivity index is 1.95. The second-order valence-corrected chi connectivity index (χ2v) is 7.06. The zero-order valence-electron chi connectivity index (χ0n) is 14.1. The van der Waals surface area contributed by atoms with Crippen LogP contribution >= 0.6 is 0 Å². The zero-order valence-corrected chi connectivity index (χ0v) is 14.1. The van der Waals surface area contributed by atoms with E-state index in [0.717, 1.165) is 29.8 Å².